The van der Waals surface area contributed by atoms with Crippen LogP contribution in [-0.4, -0.2) is 33.8 Å². The molecule has 0 amide bonds. The average molecular weight is 347 g/mol. The number of hydrogen-bond donors (Lipinski definition) is 1. The lowest BCUT2D eigenvalue weighted by Crippen LogP contribution is -2.35. The van der Waals surface area contributed by atoms with Crippen molar-refractivity contribution in [3.63, 3.8) is 0 Å². The van der Waals surface area contributed by atoms with E-state index in [4.69, 9.17) is 11.6 Å². The number of aryl methyl sites for hydroxylation is 1. The maximum Gasteiger partial charge on any atom is 0.287 e. The van der Waals surface area contributed by atoms with Crippen LogP contribution in [0.3, 0.4) is 0 Å². The number of anilines is 1. The summed E-state index contributed by atoms with van der Waals surface area (Å²) < 4.78 is 1.25. The molecule has 5 nitrogen and oxygen atoms in total. The largest absolute Gasteiger partial charge is 0.378 e. The van der Waals surface area contributed by atoms with E-state index in [1.165, 1.54) is 23.1 Å². The van der Waals surface area contributed by atoms with Gasteiger partial charge in [0.15, 0.2) is 0 Å². The first-order chi connectivity index (χ1) is 11.6. The Bertz CT molecular complexity index is 732. The Kier molecular flexibility index (Phi) is 5.53. The van der Waals surface area contributed by atoms with Crippen LogP contribution in [0.25, 0.3) is 0 Å². The molecule has 2 aromatic rings. The van der Waals surface area contributed by atoms with Gasteiger partial charge in [-0.1, -0.05) is 48.4 Å². The second-order valence-corrected chi connectivity index (χ2v) is 6.74. The van der Waals surface area contributed by atoms with Crippen LogP contribution in [0.15, 0.2) is 41.3 Å². The van der Waals surface area contributed by atoms with E-state index >= 15 is 0 Å². The minimum atomic E-state index is -0.267. The molecule has 0 unspecified atom stereocenters. The summed E-state index contributed by atoms with van der Waals surface area (Å²) in [5, 5.41) is 7.70. The minimum Gasteiger partial charge on any atom is -0.378 e. The van der Waals surface area contributed by atoms with Gasteiger partial charge in [0.25, 0.3) is 5.56 Å². The number of nitrogens with one attached hydrogen (secondary N) is 1. The summed E-state index contributed by atoms with van der Waals surface area (Å²) in [4.78, 5) is 14.4. The van der Waals surface area contributed by atoms with Crippen LogP contribution >= 0.6 is 11.6 Å². The lowest BCUT2D eigenvalue weighted by Gasteiger charge is -2.25. The van der Waals surface area contributed by atoms with E-state index in [2.05, 4.69) is 39.6 Å². The first-order valence-electron chi connectivity index (χ1n) is 8.38. The van der Waals surface area contributed by atoms with Crippen molar-refractivity contribution in [2.24, 2.45) is 7.05 Å². The fraction of sp³-hybridized carbons (Fsp3) is 0.444. The zero-order valence-corrected chi connectivity index (χ0v) is 14.7. The third kappa shape index (κ3) is 4.16. The molecule has 1 aromatic carbocycles. The van der Waals surface area contributed by atoms with Gasteiger partial charge in [0.2, 0.25) is 0 Å². The van der Waals surface area contributed by atoms with Gasteiger partial charge in [-0.25, -0.2) is 4.68 Å². The number of aromatic nitrogens is 2. The van der Waals surface area contributed by atoms with Crippen LogP contribution in [0.2, 0.25) is 5.02 Å². The molecule has 1 saturated heterocycles. The summed E-state index contributed by atoms with van der Waals surface area (Å²) >= 11 is 6.18. The van der Waals surface area contributed by atoms with Gasteiger partial charge in [-0.05, 0) is 24.9 Å². The van der Waals surface area contributed by atoms with Gasteiger partial charge < -0.3 is 5.32 Å². The molecule has 0 bridgehead atoms. The number of benzene rings is 1. The van der Waals surface area contributed by atoms with Crippen LogP contribution < -0.4 is 10.9 Å². The molecule has 0 spiro atoms. The molecule has 0 aliphatic carbocycles. The van der Waals surface area contributed by atoms with Crippen LogP contribution in [-0.2, 0) is 13.6 Å². The van der Waals surface area contributed by atoms with Crippen molar-refractivity contribution in [1.29, 1.82) is 0 Å². The molecule has 128 valence electrons. The van der Waals surface area contributed by atoms with Crippen molar-refractivity contribution in [1.82, 2.24) is 14.7 Å². The zero-order valence-electron chi connectivity index (χ0n) is 13.9. The predicted molar refractivity (Wildman–Crippen MR) is 97.5 cm³/mol. The molecule has 2 heterocycles. The Morgan fingerprint density at radius 2 is 2.08 bits per heavy atom. The molecular formula is C18H23ClN4O. The van der Waals surface area contributed by atoms with E-state index < -0.39 is 0 Å². The van der Waals surface area contributed by atoms with Crippen molar-refractivity contribution in [3.8, 4) is 0 Å². The fourth-order valence-corrected chi connectivity index (χ4v) is 3.38. The SMILES string of the molecule is Cn1ncc(N[C@@H]2CCCCN(Cc3ccccc3)C2)c(Cl)c1=O. The number of rotatable bonds is 4. The number of nitrogens with zero attached hydrogens (tertiary/aromatic N) is 3. The maximum atomic E-state index is 11.9. The van der Waals surface area contributed by atoms with Gasteiger partial charge in [-0.3, -0.25) is 9.69 Å². The van der Waals surface area contributed by atoms with Crippen LogP contribution in [0, 0.1) is 0 Å². The van der Waals surface area contributed by atoms with Gasteiger partial charge >= 0.3 is 0 Å². The Labute approximate surface area is 147 Å². The third-order valence-corrected chi connectivity index (χ3v) is 4.81. The summed E-state index contributed by atoms with van der Waals surface area (Å²) in [6.07, 6.45) is 5.05. The van der Waals surface area contributed by atoms with E-state index in [-0.39, 0.29) is 16.6 Å². The second kappa shape index (κ2) is 7.81. The summed E-state index contributed by atoms with van der Waals surface area (Å²) in [6, 6.07) is 10.8. The third-order valence-electron chi connectivity index (χ3n) is 4.44. The minimum absolute atomic E-state index is 0.214. The molecule has 6 heteroatoms. The van der Waals surface area contributed by atoms with Gasteiger partial charge in [-0.15, -0.1) is 0 Å². The lowest BCUT2D eigenvalue weighted by atomic mass is 10.1. The highest BCUT2D eigenvalue weighted by atomic mass is 35.5. The Hall–Kier alpha value is -1.85. The first-order valence-corrected chi connectivity index (χ1v) is 8.76. The quantitative estimate of drug-likeness (QED) is 0.924. The Morgan fingerprint density at radius 1 is 1.29 bits per heavy atom. The van der Waals surface area contributed by atoms with Gasteiger partial charge in [0, 0.05) is 26.2 Å². The first kappa shape index (κ1) is 17.0. The van der Waals surface area contributed by atoms with Gasteiger partial charge in [-0.2, -0.15) is 5.10 Å². The molecule has 1 fully saturated rings. The fourth-order valence-electron chi connectivity index (χ4n) is 3.15. The second-order valence-electron chi connectivity index (χ2n) is 6.36. The molecule has 0 saturated carbocycles. The van der Waals surface area contributed by atoms with Crippen LogP contribution in [0.5, 0.6) is 0 Å². The molecule has 3 rings (SSSR count). The van der Waals surface area contributed by atoms with E-state index in [0.717, 1.165) is 26.1 Å². The molecule has 0 radical (unpaired) electrons. The summed E-state index contributed by atoms with van der Waals surface area (Å²) in [5.74, 6) is 0. The van der Waals surface area contributed by atoms with Crippen molar-refractivity contribution >= 4 is 17.3 Å². The highest BCUT2D eigenvalue weighted by molar-refractivity contribution is 6.32. The molecular weight excluding hydrogens is 324 g/mol. The maximum absolute atomic E-state index is 11.9. The number of halogens is 1. The Balaban J connectivity index is 1.69. The number of hydrogen-bond acceptors (Lipinski definition) is 4. The average Bonchev–Trinajstić information content (AvgIpc) is 2.81. The Morgan fingerprint density at radius 3 is 2.88 bits per heavy atom. The molecule has 1 aliphatic heterocycles. The highest BCUT2D eigenvalue weighted by Crippen LogP contribution is 2.21. The number of likely N-dealkylation sites (tertiary alicyclic amines) is 1. The van der Waals surface area contributed by atoms with Gasteiger partial charge in [0.1, 0.15) is 5.02 Å². The van der Waals surface area contributed by atoms with Crippen LogP contribution in [0.1, 0.15) is 24.8 Å². The van der Waals surface area contributed by atoms with Crippen molar-refractivity contribution < 1.29 is 0 Å². The van der Waals surface area contributed by atoms with E-state index in [1.807, 2.05) is 6.07 Å². The molecule has 1 N–H and O–H groups in total. The van der Waals surface area contributed by atoms with Crippen molar-refractivity contribution in [2.75, 3.05) is 18.4 Å². The van der Waals surface area contributed by atoms with Crippen LogP contribution in [0.4, 0.5) is 5.69 Å². The summed E-state index contributed by atoms with van der Waals surface area (Å²) in [5.41, 5.74) is 1.69. The summed E-state index contributed by atoms with van der Waals surface area (Å²) in [7, 11) is 1.60. The molecule has 1 aromatic heterocycles. The predicted octanol–water partition coefficient (Wildman–Crippen LogP) is 2.90. The smallest absolute Gasteiger partial charge is 0.287 e. The van der Waals surface area contributed by atoms with Gasteiger partial charge in [0.05, 0.1) is 11.9 Å². The van der Waals surface area contributed by atoms with E-state index in [9.17, 15) is 4.79 Å². The lowest BCUT2D eigenvalue weighted by molar-refractivity contribution is 0.269. The normalized spacial score (nSPS) is 19.0. The zero-order chi connectivity index (χ0) is 16.9. The molecule has 1 atom stereocenters. The van der Waals surface area contributed by atoms with Crippen molar-refractivity contribution in [3.05, 3.63) is 57.5 Å². The highest BCUT2D eigenvalue weighted by Gasteiger charge is 2.20. The standard InChI is InChI=1S/C18H23ClN4O/c1-22-18(24)17(19)16(11-20-22)21-15-9-5-6-10-23(13-15)12-14-7-3-2-4-8-14/h2-4,7-8,11,15,21H,5-6,9-10,12-13H2,1H3/t15-/m1/s1. The topological polar surface area (TPSA) is 50.2 Å². The van der Waals surface area contributed by atoms with E-state index in [0.29, 0.717) is 5.69 Å². The van der Waals surface area contributed by atoms with E-state index in [1.54, 1.807) is 13.2 Å². The van der Waals surface area contributed by atoms with Crippen molar-refractivity contribution in [2.45, 2.75) is 31.8 Å². The monoisotopic (exact) mass is 346 g/mol. The molecule has 24 heavy (non-hydrogen) atoms. The molecule has 1 aliphatic rings. The summed E-state index contributed by atoms with van der Waals surface area (Å²) in [6.45, 7) is 2.97.